The topological polar surface area (TPSA) is 0 Å². The lowest BCUT2D eigenvalue weighted by atomic mass is 9.90. The summed E-state index contributed by atoms with van der Waals surface area (Å²) in [6.45, 7) is 5.73. The van der Waals surface area contributed by atoms with Gasteiger partial charge in [-0.15, -0.1) is 5.47 Å². The Balaban J connectivity index is 2.91. The van der Waals surface area contributed by atoms with E-state index in [1.54, 1.807) is 0 Å². The van der Waals surface area contributed by atoms with Crippen molar-refractivity contribution in [3.05, 3.63) is 59.7 Å². The van der Waals surface area contributed by atoms with Crippen LogP contribution in [-0.4, -0.2) is 7.85 Å². The molecule has 0 nitrogen and oxygen atoms in total. The maximum atomic E-state index is 5.74. The molecule has 0 aliphatic heterocycles. The molecule has 1 aliphatic carbocycles. The molecule has 0 aromatic carbocycles. The van der Waals surface area contributed by atoms with Gasteiger partial charge >= 0.3 is 0 Å². The number of hydrogen-bond acceptors (Lipinski definition) is 0. The Morgan fingerprint density at radius 2 is 2.29 bits per heavy atom. The Kier molecular flexibility index (Phi) is 4.25. The van der Waals surface area contributed by atoms with Crippen LogP contribution in [0.4, 0.5) is 0 Å². The van der Waals surface area contributed by atoms with Gasteiger partial charge in [-0.3, -0.25) is 0 Å². The second-order valence-electron chi connectivity index (χ2n) is 3.23. The van der Waals surface area contributed by atoms with Gasteiger partial charge in [0.05, 0.1) is 0 Å². The zero-order valence-electron chi connectivity index (χ0n) is 8.66. The Morgan fingerprint density at radius 3 is 2.79 bits per heavy atom. The Bertz CT molecular complexity index is 327. The van der Waals surface area contributed by atoms with Crippen molar-refractivity contribution in [2.24, 2.45) is 0 Å². The highest BCUT2D eigenvalue weighted by Crippen LogP contribution is 2.19. The molecule has 0 N–H and O–H groups in total. The smallest absolute Gasteiger partial charge is 0.100 e. The third-order valence-electron chi connectivity index (χ3n) is 2.20. The highest BCUT2D eigenvalue weighted by Gasteiger charge is 2.00. The standard InChI is InChI=1S/C13H15B/c1-3-11(10-13(14)4-2)12-8-6-5-7-9-12/h3-4,6,8-10H,1,5,7H2,2H3/b11-10+,13-4+. The average molecular weight is 182 g/mol. The molecule has 0 bridgehead atoms. The fraction of sp³-hybridized carbons (Fsp3) is 0.231. The van der Waals surface area contributed by atoms with Gasteiger partial charge in [0.2, 0.25) is 0 Å². The van der Waals surface area contributed by atoms with E-state index in [4.69, 9.17) is 7.85 Å². The summed E-state index contributed by atoms with van der Waals surface area (Å²) in [5, 5.41) is 0. The van der Waals surface area contributed by atoms with E-state index in [2.05, 4.69) is 24.8 Å². The summed E-state index contributed by atoms with van der Waals surface area (Å²) < 4.78 is 0. The van der Waals surface area contributed by atoms with Gasteiger partial charge in [-0.1, -0.05) is 43.0 Å². The summed E-state index contributed by atoms with van der Waals surface area (Å²) in [4.78, 5) is 0. The van der Waals surface area contributed by atoms with Crippen molar-refractivity contribution in [1.82, 2.24) is 0 Å². The van der Waals surface area contributed by atoms with Crippen LogP contribution in [0.1, 0.15) is 19.8 Å². The largest absolute Gasteiger partial charge is 0.113 e. The van der Waals surface area contributed by atoms with E-state index in [0.29, 0.717) is 0 Å². The van der Waals surface area contributed by atoms with Gasteiger partial charge in [0.1, 0.15) is 7.85 Å². The SMILES string of the molecule is [B]C(=C/C)/C=C(\C=C)C1=CCCC=C1. The first kappa shape index (κ1) is 10.8. The maximum Gasteiger partial charge on any atom is 0.113 e. The zero-order valence-corrected chi connectivity index (χ0v) is 8.66. The van der Waals surface area contributed by atoms with Crippen LogP contribution in [0.3, 0.4) is 0 Å². The van der Waals surface area contributed by atoms with E-state index >= 15 is 0 Å². The van der Waals surface area contributed by atoms with Gasteiger partial charge < -0.3 is 0 Å². The molecule has 0 spiro atoms. The van der Waals surface area contributed by atoms with E-state index in [-0.39, 0.29) is 0 Å². The second-order valence-corrected chi connectivity index (χ2v) is 3.23. The maximum absolute atomic E-state index is 5.74. The predicted molar refractivity (Wildman–Crippen MR) is 64.2 cm³/mol. The van der Waals surface area contributed by atoms with Crippen molar-refractivity contribution in [3.8, 4) is 0 Å². The molecule has 1 rings (SSSR count). The molecule has 0 saturated heterocycles. The molecule has 0 saturated carbocycles. The zero-order chi connectivity index (χ0) is 10.4. The number of hydrogen-bond donors (Lipinski definition) is 0. The lowest BCUT2D eigenvalue weighted by Gasteiger charge is -2.08. The van der Waals surface area contributed by atoms with E-state index in [1.165, 1.54) is 5.57 Å². The third-order valence-corrected chi connectivity index (χ3v) is 2.20. The van der Waals surface area contributed by atoms with Crippen molar-refractivity contribution in [2.75, 3.05) is 0 Å². The predicted octanol–water partition coefficient (Wildman–Crippen LogP) is 3.45. The molecule has 1 heteroatoms. The highest BCUT2D eigenvalue weighted by molar-refractivity contribution is 6.23. The molecule has 0 aromatic heterocycles. The molecule has 0 unspecified atom stereocenters. The molecular weight excluding hydrogens is 167 g/mol. The van der Waals surface area contributed by atoms with Crippen molar-refractivity contribution in [2.45, 2.75) is 19.8 Å². The van der Waals surface area contributed by atoms with Crippen LogP contribution in [0.25, 0.3) is 0 Å². The number of rotatable bonds is 3. The number of allylic oxidation sites excluding steroid dienone is 9. The molecule has 0 amide bonds. The molecule has 0 aromatic rings. The molecule has 1 aliphatic rings. The quantitative estimate of drug-likeness (QED) is 0.463. The van der Waals surface area contributed by atoms with Crippen molar-refractivity contribution < 1.29 is 0 Å². The van der Waals surface area contributed by atoms with E-state index in [0.717, 1.165) is 23.9 Å². The third kappa shape index (κ3) is 2.92. The fourth-order valence-electron chi connectivity index (χ4n) is 1.35. The van der Waals surface area contributed by atoms with Crippen LogP contribution in [-0.2, 0) is 0 Å². The van der Waals surface area contributed by atoms with E-state index in [9.17, 15) is 0 Å². The van der Waals surface area contributed by atoms with Crippen LogP contribution in [0, 0.1) is 0 Å². The summed E-state index contributed by atoms with van der Waals surface area (Å²) in [5.74, 6) is 0. The van der Waals surface area contributed by atoms with E-state index in [1.807, 2.05) is 25.2 Å². The van der Waals surface area contributed by atoms with Crippen LogP contribution in [0.15, 0.2) is 59.7 Å². The minimum atomic E-state index is 0.778. The molecule has 70 valence electrons. The molecule has 0 heterocycles. The summed E-state index contributed by atoms with van der Waals surface area (Å²) in [5.41, 5.74) is 3.09. The Morgan fingerprint density at radius 1 is 1.50 bits per heavy atom. The fourth-order valence-corrected chi connectivity index (χ4v) is 1.35. The summed E-state index contributed by atoms with van der Waals surface area (Å²) in [6, 6.07) is 0. The normalized spacial score (nSPS) is 17.9. The summed E-state index contributed by atoms with van der Waals surface area (Å²) >= 11 is 0. The van der Waals surface area contributed by atoms with Gasteiger partial charge in [0.15, 0.2) is 0 Å². The first-order chi connectivity index (χ1) is 6.77. The molecule has 0 atom stereocenters. The Hall–Kier alpha value is -1.24. The lowest BCUT2D eigenvalue weighted by Crippen LogP contribution is -1.89. The first-order valence-corrected chi connectivity index (χ1v) is 4.91. The van der Waals surface area contributed by atoms with Crippen molar-refractivity contribution >= 4 is 7.85 Å². The van der Waals surface area contributed by atoms with Gasteiger partial charge in [-0.25, -0.2) is 0 Å². The average Bonchev–Trinajstić information content (AvgIpc) is 2.26. The van der Waals surface area contributed by atoms with Crippen molar-refractivity contribution in [1.29, 1.82) is 0 Å². The van der Waals surface area contributed by atoms with Gasteiger partial charge in [-0.2, -0.15) is 0 Å². The molecule has 0 fully saturated rings. The van der Waals surface area contributed by atoms with E-state index < -0.39 is 0 Å². The van der Waals surface area contributed by atoms with Gasteiger partial charge in [0.25, 0.3) is 0 Å². The van der Waals surface area contributed by atoms with Crippen LogP contribution in [0.2, 0.25) is 0 Å². The second kappa shape index (κ2) is 5.49. The van der Waals surface area contributed by atoms with Gasteiger partial charge in [-0.05, 0) is 30.9 Å². The monoisotopic (exact) mass is 182 g/mol. The Labute approximate surface area is 87.8 Å². The molecular formula is C13H15B. The first-order valence-electron chi connectivity index (χ1n) is 4.91. The van der Waals surface area contributed by atoms with Crippen molar-refractivity contribution in [3.63, 3.8) is 0 Å². The summed E-state index contributed by atoms with van der Waals surface area (Å²) in [7, 11) is 5.74. The molecule has 14 heavy (non-hydrogen) atoms. The minimum absolute atomic E-state index is 0.778. The summed E-state index contributed by atoms with van der Waals surface area (Å²) in [6.07, 6.45) is 14.4. The minimum Gasteiger partial charge on any atom is -0.100 e. The van der Waals surface area contributed by atoms with Crippen LogP contribution < -0.4 is 0 Å². The highest BCUT2D eigenvalue weighted by atomic mass is 14.0. The molecule has 2 radical (unpaired) electrons. The van der Waals surface area contributed by atoms with Gasteiger partial charge in [0, 0.05) is 0 Å². The van der Waals surface area contributed by atoms with Crippen LogP contribution in [0.5, 0.6) is 0 Å². The lowest BCUT2D eigenvalue weighted by molar-refractivity contribution is 1.02. The van der Waals surface area contributed by atoms with Crippen LogP contribution >= 0.6 is 0 Å².